The number of sulfonamides is 1. The Morgan fingerprint density at radius 3 is 1.75 bits per heavy atom. The number of methoxy groups -OCH3 is 2. The first-order valence-electron chi connectivity index (χ1n) is 10.1. The second-order valence-corrected chi connectivity index (χ2v) is 9.10. The summed E-state index contributed by atoms with van der Waals surface area (Å²) in [7, 11) is -0.825. The summed E-state index contributed by atoms with van der Waals surface area (Å²) in [4.78, 5) is 42.8. The predicted octanol–water partition coefficient (Wildman–Crippen LogP) is 0.914. The number of benzene rings is 2. The van der Waals surface area contributed by atoms with Gasteiger partial charge in [-0.25, -0.2) is 18.0 Å². The van der Waals surface area contributed by atoms with Crippen LogP contribution in [0.1, 0.15) is 10.4 Å². The van der Waals surface area contributed by atoms with Gasteiger partial charge < -0.3 is 24.6 Å². The molecule has 2 N–H and O–H groups in total. The zero-order chi connectivity index (χ0) is 27.0. The third-order valence-electron chi connectivity index (χ3n) is 4.99. The van der Waals surface area contributed by atoms with Crippen LogP contribution >= 0.6 is 0 Å². The van der Waals surface area contributed by atoms with Gasteiger partial charge in [0.05, 0.1) is 24.0 Å². The highest BCUT2D eigenvalue weighted by molar-refractivity contribution is 7.89. The number of carbonyl (C=O) groups is 3. The van der Waals surface area contributed by atoms with E-state index in [4.69, 9.17) is 29.3 Å². The lowest BCUT2D eigenvalue weighted by Crippen LogP contribution is -2.50. The number of nitro groups is 1. The molecule has 36 heavy (non-hydrogen) atoms. The SMILES string of the molecule is COc1cc(OC)cc(C(=O)N2CCN(S(=O)(=O)c3ccc([N+](=O)[O-])cc3)CC2)c1.O=C(O)C(=O)O. The van der Waals surface area contributed by atoms with E-state index in [2.05, 4.69) is 0 Å². The van der Waals surface area contributed by atoms with Crippen LogP contribution in [0.25, 0.3) is 0 Å². The van der Waals surface area contributed by atoms with Crippen molar-refractivity contribution in [1.29, 1.82) is 0 Å². The monoisotopic (exact) mass is 525 g/mol. The standard InChI is InChI=1S/C19H21N3O7S.C2H2O4/c1-28-16-11-14(12-17(13-16)29-2)19(23)20-7-9-21(10-8-20)30(26,27)18-5-3-15(4-6-18)22(24)25;3-1(4)2(5)6/h3-6,11-13H,7-10H2,1-2H3;(H,3,4)(H,5,6). The maximum Gasteiger partial charge on any atom is 0.414 e. The van der Waals surface area contributed by atoms with Gasteiger partial charge in [0.1, 0.15) is 11.5 Å². The molecule has 0 aromatic heterocycles. The molecular weight excluding hydrogens is 502 g/mol. The summed E-state index contributed by atoms with van der Waals surface area (Å²) < 4.78 is 37.2. The Kier molecular flexibility index (Phi) is 9.29. The van der Waals surface area contributed by atoms with Crippen LogP contribution in [0.3, 0.4) is 0 Å². The second-order valence-electron chi connectivity index (χ2n) is 7.16. The number of aliphatic carboxylic acids is 2. The first kappa shape index (κ1) is 28.0. The van der Waals surface area contributed by atoms with E-state index < -0.39 is 26.9 Å². The lowest BCUT2D eigenvalue weighted by molar-refractivity contribution is -0.384. The number of non-ortho nitro benzene ring substituents is 1. The normalized spacial score (nSPS) is 13.7. The number of ether oxygens (including phenoxy) is 2. The Bertz CT molecular complexity index is 1200. The number of rotatable bonds is 6. The largest absolute Gasteiger partial charge is 0.497 e. The Morgan fingerprint density at radius 1 is 0.889 bits per heavy atom. The molecular formula is C21H23N3O11S. The molecule has 0 bridgehead atoms. The van der Waals surface area contributed by atoms with Crippen molar-refractivity contribution in [2.24, 2.45) is 0 Å². The fraction of sp³-hybridized carbons (Fsp3) is 0.286. The molecule has 1 aliphatic rings. The van der Waals surface area contributed by atoms with Gasteiger partial charge in [-0.1, -0.05) is 0 Å². The summed E-state index contributed by atoms with van der Waals surface area (Å²) in [6.07, 6.45) is 0. The van der Waals surface area contributed by atoms with Crippen molar-refractivity contribution in [2.75, 3.05) is 40.4 Å². The Balaban J connectivity index is 0.000000678. The van der Waals surface area contributed by atoms with Gasteiger partial charge in [0.15, 0.2) is 0 Å². The van der Waals surface area contributed by atoms with Gasteiger partial charge in [-0.15, -0.1) is 0 Å². The van der Waals surface area contributed by atoms with Gasteiger partial charge in [-0.2, -0.15) is 4.31 Å². The molecule has 0 saturated carbocycles. The minimum atomic E-state index is -3.81. The van der Waals surface area contributed by atoms with Gasteiger partial charge in [-0.05, 0) is 24.3 Å². The number of hydrogen-bond acceptors (Lipinski definition) is 9. The molecule has 3 rings (SSSR count). The smallest absolute Gasteiger partial charge is 0.414 e. The van der Waals surface area contributed by atoms with Crippen LogP contribution in [0, 0.1) is 10.1 Å². The fourth-order valence-corrected chi connectivity index (χ4v) is 4.56. The van der Waals surface area contributed by atoms with Gasteiger partial charge in [0.25, 0.3) is 11.6 Å². The van der Waals surface area contributed by atoms with Crippen LogP contribution in [0.5, 0.6) is 11.5 Å². The van der Waals surface area contributed by atoms with E-state index in [1.807, 2.05) is 0 Å². The van der Waals surface area contributed by atoms with Gasteiger partial charge in [-0.3, -0.25) is 14.9 Å². The maximum absolute atomic E-state index is 12.8. The molecule has 1 fully saturated rings. The topological polar surface area (TPSA) is 194 Å². The van der Waals surface area contributed by atoms with Crippen LogP contribution in [-0.2, 0) is 19.6 Å². The average Bonchev–Trinajstić information content (AvgIpc) is 2.88. The lowest BCUT2D eigenvalue weighted by Gasteiger charge is -2.34. The van der Waals surface area contributed by atoms with E-state index in [0.29, 0.717) is 17.1 Å². The number of carbonyl (C=O) groups excluding carboxylic acids is 1. The number of piperazine rings is 1. The highest BCUT2D eigenvalue weighted by Gasteiger charge is 2.31. The molecule has 14 nitrogen and oxygen atoms in total. The molecule has 15 heteroatoms. The zero-order valence-electron chi connectivity index (χ0n) is 19.2. The Labute approximate surface area is 205 Å². The van der Waals surface area contributed by atoms with Crippen LogP contribution in [0.2, 0.25) is 0 Å². The first-order chi connectivity index (χ1) is 16.9. The van der Waals surface area contributed by atoms with Crippen molar-refractivity contribution in [3.8, 4) is 11.5 Å². The number of amides is 1. The molecule has 1 saturated heterocycles. The summed E-state index contributed by atoms with van der Waals surface area (Å²) in [6, 6.07) is 9.61. The molecule has 2 aromatic rings. The number of hydrogen-bond donors (Lipinski definition) is 2. The third kappa shape index (κ3) is 6.89. The first-order valence-corrected chi connectivity index (χ1v) is 11.6. The van der Waals surface area contributed by atoms with Crippen molar-refractivity contribution in [2.45, 2.75) is 4.90 Å². The molecule has 1 aliphatic heterocycles. The Morgan fingerprint density at radius 2 is 1.36 bits per heavy atom. The number of nitrogens with zero attached hydrogens (tertiary/aromatic N) is 3. The minimum absolute atomic E-state index is 0.0228. The Hall–Kier alpha value is -4.24. The molecule has 0 radical (unpaired) electrons. The number of nitro benzene ring substituents is 1. The number of carboxylic acid groups (broad SMARTS) is 2. The highest BCUT2D eigenvalue weighted by atomic mass is 32.2. The van der Waals surface area contributed by atoms with Crippen LogP contribution in [-0.4, -0.2) is 91.0 Å². The van der Waals surface area contributed by atoms with E-state index in [9.17, 15) is 23.3 Å². The molecule has 2 aromatic carbocycles. The van der Waals surface area contributed by atoms with Crippen molar-refractivity contribution < 1.29 is 47.4 Å². The second kappa shape index (κ2) is 11.9. The van der Waals surface area contributed by atoms with Crippen molar-refractivity contribution >= 4 is 33.6 Å². The fourth-order valence-electron chi connectivity index (χ4n) is 3.13. The summed E-state index contributed by atoms with van der Waals surface area (Å²) >= 11 is 0. The van der Waals surface area contributed by atoms with Crippen LogP contribution < -0.4 is 9.47 Å². The molecule has 0 unspecified atom stereocenters. The minimum Gasteiger partial charge on any atom is -0.497 e. The van der Waals surface area contributed by atoms with Crippen molar-refractivity contribution in [3.05, 3.63) is 58.1 Å². The number of carboxylic acids is 2. The summed E-state index contributed by atoms with van der Waals surface area (Å²) in [5.41, 5.74) is 0.205. The van der Waals surface area contributed by atoms with Crippen LogP contribution in [0.4, 0.5) is 5.69 Å². The van der Waals surface area contributed by atoms with E-state index in [1.54, 1.807) is 23.1 Å². The summed E-state index contributed by atoms with van der Waals surface area (Å²) in [5.74, 6) is -2.93. The highest BCUT2D eigenvalue weighted by Crippen LogP contribution is 2.25. The quantitative estimate of drug-likeness (QED) is 0.309. The van der Waals surface area contributed by atoms with E-state index >= 15 is 0 Å². The van der Waals surface area contributed by atoms with E-state index in [1.165, 1.54) is 30.7 Å². The summed E-state index contributed by atoms with van der Waals surface area (Å²) in [6.45, 7) is 0.660. The summed E-state index contributed by atoms with van der Waals surface area (Å²) in [5, 5.41) is 25.5. The molecule has 1 amide bonds. The predicted molar refractivity (Wildman–Crippen MR) is 123 cm³/mol. The van der Waals surface area contributed by atoms with E-state index in [-0.39, 0.29) is 42.7 Å². The van der Waals surface area contributed by atoms with Gasteiger partial charge >= 0.3 is 11.9 Å². The maximum atomic E-state index is 12.8. The van der Waals surface area contributed by atoms with Crippen molar-refractivity contribution in [3.63, 3.8) is 0 Å². The van der Waals surface area contributed by atoms with E-state index in [0.717, 1.165) is 12.1 Å². The lowest BCUT2D eigenvalue weighted by atomic mass is 10.1. The third-order valence-corrected chi connectivity index (χ3v) is 6.91. The van der Waals surface area contributed by atoms with Gasteiger partial charge in [0, 0.05) is 49.9 Å². The average molecular weight is 525 g/mol. The molecule has 0 aliphatic carbocycles. The molecule has 194 valence electrons. The van der Waals surface area contributed by atoms with Gasteiger partial charge in [0.2, 0.25) is 10.0 Å². The zero-order valence-corrected chi connectivity index (χ0v) is 20.0. The molecule has 0 atom stereocenters. The van der Waals surface area contributed by atoms with Crippen LogP contribution in [0.15, 0.2) is 47.4 Å². The molecule has 1 heterocycles. The molecule has 0 spiro atoms. The van der Waals surface area contributed by atoms with Crippen molar-refractivity contribution in [1.82, 2.24) is 9.21 Å².